The van der Waals surface area contributed by atoms with Gasteiger partial charge in [-0.05, 0) is 18.4 Å². The third-order valence-corrected chi connectivity index (χ3v) is 5.15. The average molecular weight is 324 g/mol. The molecule has 0 unspecified atom stereocenters. The number of aromatic hydroxyl groups is 2. The molecular formula is C16H20O7. The summed E-state index contributed by atoms with van der Waals surface area (Å²) < 4.78 is 4.99. The van der Waals surface area contributed by atoms with Gasteiger partial charge in [0.15, 0.2) is 17.3 Å². The molecule has 0 heterocycles. The van der Waals surface area contributed by atoms with Crippen LogP contribution in [0.1, 0.15) is 34.7 Å². The fourth-order valence-electron chi connectivity index (χ4n) is 3.97. The van der Waals surface area contributed by atoms with Crippen LogP contribution in [0.2, 0.25) is 0 Å². The summed E-state index contributed by atoms with van der Waals surface area (Å²) in [6.45, 7) is -0.305. The molecule has 3 rings (SSSR count). The molecule has 23 heavy (non-hydrogen) atoms. The normalized spacial score (nSPS) is 33.0. The average Bonchev–Trinajstić information content (AvgIpc) is 2.52. The van der Waals surface area contributed by atoms with Crippen molar-refractivity contribution in [3.63, 3.8) is 0 Å². The van der Waals surface area contributed by atoms with Crippen LogP contribution in [0.4, 0.5) is 0 Å². The van der Waals surface area contributed by atoms with Crippen LogP contribution < -0.4 is 4.74 Å². The summed E-state index contributed by atoms with van der Waals surface area (Å²) in [6.07, 6.45) is -1.95. The number of methoxy groups -OCH3 is 1. The van der Waals surface area contributed by atoms with Crippen LogP contribution in [-0.2, 0) is 0 Å². The molecule has 1 saturated carbocycles. The highest BCUT2D eigenvalue weighted by Gasteiger charge is 2.49. The Morgan fingerprint density at radius 2 is 1.96 bits per heavy atom. The SMILES string of the molecule is COc1c(O)cc2c(c1O)[C@@H]1C[C@H](CO)[C@@H](O)[C@H](O)[C@H]1CC2=O. The number of hydrogen-bond acceptors (Lipinski definition) is 7. The van der Waals surface area contributed by atoms with E-state index in [0.29, 0.717) is 12.0 Å². The van der Waals surface area contributed by atoms with E-state index in [0.717, 1.165) is 0 Å². The molecule has 2 aliphatic rings. The molecule has 1 fully saturated rings. The minimum absolute atomic E-state index is 0.0131. The Kier molecular flexibility index (Phi) is 3.95. The van der Waals surface area contributed by atoms with Crippen molar-refractivity contribution in [2.24, 2.45) is 11.8 Å². The zero-order chi connectivity index (χ0) is 16.9. The molecule has 0 radical (unpaired) electrons. The van der Waals surface area contributed by atoms with Crippen molar-refractivity contribution in [1.82, 2.24) is 0 Å². The van der Waals surface area contributed by atoms with Gasteiger partial charge in [0.1, 0.15) is 0 Å². The Hall–Kier alpha value is -1.83. The molecule has 7 heteroatoms. The molecule has 1 aromatic carbocycles. The van der Waals surface area contributed by atoms with E-state index in [-0.39, 0.29) is 41.6 Å². The number of ether oxygens (including phenoxy) is 1. The van der Waals surface area contributed by atoms with E-state index in [1.807, 2.05) is 0 Å². The minimum Gasteiger partial charge on any atom is -0.504 e. The molecular weight excluding hydrogens is 304 g/mol. The first-order chi connectivity index (χ1) is 10.9. The largest absolute Gasteiger partial charge is 0.504 e. The number of phenols is 2. The van der Waals surface area contributed by atoms with Gasteiger partial charge in [-0.25, -0.2) is 0 Å². The number of carbonyl (C=O) groups is 1. The Morgan fingerprint density at radius 1 is 1.26 bits per heavy atom. The summed E-state index contributed by atoms with van der Waals surface area (Å²) in [6, 6.07) is 1.26. The molecule has 5 atom stereocenters. The summed E-state index contributed by atoms with van der Waals surface area (Å²) in [5.74, 6) is -2.61. The van der Waals surface area contributed by atoms with Crippen molar-refractivity contribution in [1.29, 1.82) is 0 Å². The molecule has 0 aromatic heterocycles. The monoisotopic (exact) mass is 324 g/mol. The lowest BCUT2D eigenvalue weighted by atomic mass is 9.62. The maximum absolute atomic E-state index is 12.3. The third-order valence-electron chi connectivity index (χ3n) is 5.15. The molecule has 0 spiro atoms. The number of benzene rings is 1. The Balaban J connectivity index is 2.16. The number of fused-ring (bicyclic) bond motifs is 3. The van der Waals surface area contributed by atoms with Crippen molar-refractivity contribution >= 4 is 5.78 Å². The topological polar surface area (TPSA) is 127 Å². The van der Waals surface area contributed by atoms with Gasteiger partial charge >= 0.3 is 0 Å². The molecule has 1 aromatic rings. The van der Waals surface area contributed by atoms with Gasteiger partial charge in [0.2, 0.25) is 5.75 Å². The van der Waals surface area contributed by atoms with E-state index in [1.54, 1.807) is 0 Å². The first kappa shape index (κ1) is 16.0. The van der Waals surface area contributed by atoms with Crippen molar-refractivity contribution in [2.45, 2.75) is 31.0 Å². The quantitative estimate of drug-likeness (QED) is 0.523. The first-order valence-corrected chi connectivity index (χ1v) is 7.53. The van der Waals surface area contributed by atoms with E-state index < -0.39 is 30.0 Å². The second-order valence-corrected chi connectivity index (χ2v) is 6.30. The van der Waals surface area contributed by atoms with Gasteiger partial charge in [0.05, 0.1) is 19.3 Å². The van der Waals surface area contributed by atoms with E-state index in [2.05, 4.69) is 0 Å². The van der Waals surface area contributed by atoms with Gasteiger partial charge in [-0.2, -0.15) is 0 Å². The summed E-state index contributed by atoms with van der Waals surface area (Å²) in [4.78, 5) is 12.3. The fraction of sp³-hybridized carbons (Fsp3) is 0.562. The number of carbonyl (C=O) groups excluding carboxylic acids is 1. The second kappa shape index (κ2) is 5.67. The Morgan fingerprint density at radius 3 is 2.57 bits per heavy atom. The van der Waals surface area contributed by atoms with E-state index in [9.17, 15) is 30.3 Å². The lowest BCUT2D eigenvalue weighted by molar-refractivity contribution is -0.0969. The number of aliphatic hydroxyl groups excluding tert-OH is 3. The van der Waals surface area contributed by atoms with E-state index >= 15 is 0 Å². The molecule has 0 amide bonds. The van der Waals surface area contributed by atoms with Crippen LogP contribution in [0.25, 0.3) is 0 Å². The number of Topliss-reactive ketones (excluding diaryl/α,β-unsaturated/α-hetero) is 1. The van der Waals surface area contributed by atoms with Gasteiger partial charge in [-0.1, -0.05) is 0 Å². The molecule has 5 N–H and O–H groups in total. The third kappa shape index (κ3) is 2.27. The molecule has 2 aliphatic carbocycles. The van der Waals surface area contributed by atoms with Crippen LogP contribution in [0, 0.1) is 11.8 Å². The number of ketones is 1. The van der Waals surface area contributed by atoms with Crippen molar-refractivity contribution in [3.8, 4) is 17.2 Å². The summed E-state index contributed by atoms with van der Waals surface area (Å²) in [7, 11) is 1.29. The zero-order valence-electron chi connectivity index (χ0n) is 12.6. The van der Waals surface area contributed by atoms with Crippen molar-refractivity contribution < 1.29 is 35.1 Å². The minimum atomic E-state index is -1.16. The highest BCUT2D eigenvalue weighted by molar-refractivity contribution is 6.01. The molecule has 0 bridgehead atoms. The highest BCUT2D eigenvalue weighted by atomic mass is 16.5. The van der Waals surface area contributed by atoms with E-state index in [4.69, 9.17) is 4.74 Å². The predicted octanol–water partition coefficient (Wildman–Crippen LogP) is 0.127. The molecule has 0 aliphatic heterocycles. The zero-order valence-corrected chi connectivity index (χ0v) is 12.6. The first-order valence-electron chi connectivity index (χ1n) is 7.53. The molecule has 126 valence electrons. The number of phenolic OH excluding ortho intramolecular Hbond substituents is 2. The molecule has 0 saturated heterocycles. The van der Waals surface area contributed by atoms with Crippen LogP contribution in [-0.4, -0.2) is 57.2 Å². The number of aliphatic hydroxyl groups is 3. The van der Waals surface area contributed by atoms with Crippen LogP contribution >= 0.6 is 0 Å². The standard InChI is InChI=1S/C16H20O7/c1-23-16-11(19)4-9-10(18)3-8-7(12(9)15(16)22)2-6(5-17)13(20)14(8)21/h4,6-8,13-14,17,19-22H,2-3,5H2,1H3/t6-,7-,8+,13-,14-/m1/s1. The number of rotatable bonds is 2. The van der Waals surface area contributed by atoms with Gasteiger partial charge in [-0.15, -0.1) is 0 Å². The van der Waals surface area contributed by atoms with Gasteiger partial charge in [0, 0.05) is 36.0 Å². The van der Waals surface area contributed by atoms with Crippen molar-refractivity contribution in [3.05, 3.63) is 17.2 Å². The van der Waals surface area contributed by atoms with Gasteiger partial charge < -0.3 is 30.3 Å². The summed E-state index contributed by atoms with van der Waals surface area (Å²) >= 11 is 0. The number of hydrogen-bond donors (Lipinski definition) is 5. The van der Waals surface area contributed by atoms with Crippen molar-refractivity contribution in [2.75, 3.05) is 13.7 Å². The Labute approximate surface area is 132 Å². The summed E-state index contributed by atoms with van der Waals surface area (Å²) in [5.41, 5.74) is 0.507. The van der Waals surface area contributed by atoms with Gasteiger partial charge in [0.25, 0.3) is 0 Å². The maximum atomic E-state index is 12.3. The van der Waals surface area contributed by atoms with Crippen LogP contribution in [0.3, 0.4) is 0 Å². The van der Waals surface area contributed by atoms with E-state index in [1.165, 1.54) is 13.2 Å². The smallest absolute Gasteiger partial charge is 0.203 e. The van der Waals surface area contributed by atoms with Gasteiger partial charge in [-0.3, -0.25) is 4.79 Å². The predicted molar refractivity (Wildman–Crippen MR) is 78.7 cm³/mol. The maximum Gasteiger partial charge on any atom is 0.203 e. The molecule has 7 nitrogen and oxygen atoms in total. The highest BCUT2D eigenvalue weighted by Crippen LogP contribution is 2.53. The fourth-order valence-corrected chi connectivity index (χ4v) is 3.97. The lowest BCUT2D eigenvalue weighted by Gasteiger charge is -2.45. The second-order valence-electron chi connectivity index (χ2n) is 6.30. The summed E-state index contributed by atoms with van der Waals surface area (Å²) in [5, 5.41) is 50.1. The van der Waals surface area contributed by atoms with Crippen LogP contribution in [0.15, 0.2) is 6.07 Å². The Bertz CT molecular complexity index is 642. The van der Waals surface area contributed by atoms with Crippen LogP contribution in [0.5, 0.6) is 17.2 Å². The lowest BCUT2D eigenvalue weighted by Crippen LogP contribution is -2.50.